The molecule has 1 aliphatic rings. The first-order chi connectivity index (χ1) is 13.1. The molecule has 0 atom stereocenters. The summed E-state index contributed by atoms with van der Waals surface area (Å²) in [6, 6.07) is 7.44. The minimum absolute atomic E-state index is 0.106. The summed E-state index contributed by atoms with van der Waals surface area (Å²) in [5.74, 6) is 2.48. The Morgan fingerprint density at radius 3 is 2.44 bits per heavy atom. The lowest BCUT2D eigenvalue weighted by Crippen LogP contribution is -2.49. The molecule has 0 N–H and O–H groups in total. The fourth-order valence-corrected chi connectivity index (χ4v) is 3.48. The van der Waals surface area contributed by atoms with Crippen molar-refractivity contribution in [1.82, 2.24) is 19.4 Å². The van der Waals surface area contributed by atoms with E-state index in [1.165, 1.54) is 0 Å². The zero-order chi connectivity index (χ0) is 19.2. The van der Waals surface area contributed by atoms with Gasteiger partial charge in [0.15, 0.2) is 0 Å². The fourth-order valence-electron chi connectivity index (χ4n) is 3.48. The Balaban J connectivity index is 1.48. The maximum absolute atomic E-state index is 12.7. The SMILES string of the molecule is CCOc1ccc(C(=O)N2CCN(CCn3ccnc3C(C)C)CC2)cc1. The van der Waals surface area contributed by atoms with Crippen LogP contribution in [0.3, 0.4) is 0 Å². The first kappa shape index (κ1) is 19.4. The molecule has 0 bridgehead atoms. The third-order valence-corrected chi connectivity index (χ3v) is 4.99. The van der Waals surface area contributed by atoms with Crippen LogP contribution in [-0.4, -0.2) is 64.6 Å². The molecule has 1 fully saturated rings. The van der Waals surface area contributed by atoms with Crippen molar-refractivity contribution in [2.75, 3.05) is 39.3 Å². The van der Waals surface area contributed by atoms with E-state index in [4.69, 9.17) is 4.74 Å². The van der Waals surface area contributed by atoms with Crippen LogP contribution in [0.25, 0.3) is 0 Å². The highest BCUT2D eigenvalue weighted by atomic mass is 16.5. The largest absolute Gasteiger partial charge is 0.494 e. The molecule has 27 heavy (non-hydrogen) atoms. The van der Waals surface area contributed by atoms with Gasteiger partial charge in [0.05, 0.1) is 6.61 Å². The monoisotopic (exact) mass is 370 g/mol. The maximum Gasteiger partial charge on any atom is 0.253 e. The molecule has 1 aliphatic heterocycles. The third-order valence-electron chi connectivity index (χ3n) is 4.99. The Hall–Kier alpha value is -2.34. The third kappa shape index (κ3) is 4.89. The number of ether oxygens (including phenoxy) is 1. The van der Waals surface area contributed by atoms with Crippen molar-refractivity contribution in [2.45, 2.75) is 33.2 Å². The number of benzene rings is 1. The number of aromatic nitrogens is 2. The van der Waals surface area contributed by atoms with Gasteiger partial charge in [0, 0.05) is 63.1 Å². The number of carbonyl (C=O) groups is 1. The molecule has 146 valence electrons. The van der Waals surface area contributed by atoms with Crippen molar-refractivity contribution in [3.05, 3.63) is 48.0 Å². The van der Waals surface area contributed by atoms with Crippen LogP contribution in [0.4, 0.5) is 0 Å². The predicted octanol–water partition coefficient (Wildman–Crippen LogP) is 2.86. The Bertz CT molecular complexity index is 731. The van der Waals surface area contributed by atoms with Crippen LogP contribution in [0.2, 0.25) is 0 Å². The highest BCUT2D eigenvalue weighted by molar-refractivity contribution is 5.94. The number of hydrogen-bond donors (Lipinski definition) is 0. The van der Waals surface area contributed by atoms with Crippen LogP contribution in [0.1, 0.15) is 42.9 Å². The molecule has 0 spiro atoms. The molecule has 0 saturated carbocycles. The van der Waals surface area contributed by atoms with Crippen LogP contribution in [-0.2, 0) is 6.54 Å². The second-order valence-corrected chi connectivity index (χ2v) is 7.22. The summed E-state index contributed by atoms with van der Waals surface area (Å²) in [6.45, 7) is 12.2. The van der Waals surface area contributed by atoms with Crippen LogP contribution >= 0.6 is 0 Å². The Morgan fingerprint density at radius 1 is 1.11 bits per heavy atom. The van der Waals surface area contributed by atoms with Gasteiger partial charge in [-0.1, -0.05) is 13.8 Å². The molecule has 1 amide bonds. The molecule has 6 nitrogen and oxygen atoms in total. The molecule has 3 rings (SSSR count). The van der Waals surface area contributed by atoms with Gasteiger partial charge in [-0.15, -0.1) is 0 Å². The standard InChI is InChI=1S/C21H30N4O2/c1-4-27-19-7-5-18(6-8-19)21(26)25-15-12-23(13-16-25)11-14-24-10-9-22-20(24)17(2)3/h5-10,17H,4,11-16H2,1-3H3. The van der Waals surface area contributed by atoms with Gasteiger partial charge in [0.25, 0.3) is 5.91 Å². The molecule has 0 radical (unpaired) electrons. The van der Waals surface area contributed by atoms with Gasteiger partial charge in [-0.25, -0.2) is 4.98 Å². The van der Waals surface area contributed by atoms with Crippen LogP contribution in [0.15, 0.2) is 36.7 Å². The smallest absolute Gasteiger partial charge is 0.253 e. The minimum Gasteiger partial charge on any atom is -0.494 e. The van der Waals surface area contributed by atoms with Crippen molar-refractivity contribution in [2.24, 2.45) is 0 Å². The van der Waals surface area contributed by atoms with Gasteiger partial charge in [-0.2, -0.15) is 0 Å². The average molecular weight is 370 g/mol. The topological polar surface area (TPSA) is 50.6 Å². The summed E-state index contributed by atoms with van der Waals surface area (Å²) < 4.78 is 7.68. The predicted molar refractivity (Wildman–Crippen MR) is 106 cm³/mol. The molecule has 0 aliphatic carbocycles. The lowest BCUT2D eigenvalue weighted by Gasteiger charge is -2.35. The summed E-state index contributed by atoms with van der Waals surface area (Å²) in [5.41, 5.74) is 0.729. The van der Waals surface area contributed by atoms with E-state index >= 15 is 0 Å². The van der Waals surface area contributed by atoms with E-state index in [0.717, 1.165) is 56.4 Å². The number of imidazole rings is 1. The number of hydrogen-bond acceptors (Lipinski definition) is 4. The molecular formula is C21H30N4O2. The van der Waals surface area contributed by atoms with Gasteiger partial charge in [0.2, 0.25) is 0 Å². The molecule has 0 unspecified atom stereocenters. The van der Waals surface area contributed by atoms with Crippen molar-refractivity contribution in [3.8, 4) is 5.75 Å². The Labute approximate surface area is 161 Å². The number of nitrogens with zero attached hydrogens (tertiary/aromatic N) is 4. The lowest BCUT2D eigenvalue weighted by atomic mass is 10.1. The first-order valence-corrected chi connectivity index (χ1v) is 9.84. The molecule has 2 heterocycles. The summed E-state index contributed by atoms with van der Waals surface area (Å²) in [4.78, 5) is 21.5. The second-order valence-electron chi connectivity index (χ2n) is 7.22. The van der Waals surface area contributed by atoms with E-state index in [0.29, 0.717) is 12.5 Å². The van der Waals surface area contributed by atoms with E-state index < -0.39 is 0 Å². The van der Waals surface area contributed by atoms with Crippen molar-refractivity contribution >= 4 is 5.91 Å². The Kier molecular flexibility index (Phi) is 6.50. The lowest BCUT2D eigenvalue weighted by molar-refractivity contribution is 0.0633. The van der Waals surface area contributed by atoms with Gasteiger partial charge in [-0.05, 0) is 31.2 Å². The maximum atomic E-state index is 12.7. The molecular weight excluding hydrogens is 340 g/mol. The van der Waals surface area contributed by atoms with E-state index in [-0.39, 0.29) is 5.91 Å². The van der Waals surface area contributed by atoms with Gasteiger partial charge >= 0.3 is 0 Å². The number of rotatable bonds is 7. The quantitative estimate of drug-likeness (QED) is 0.752. The normalized spacial score (nSPS) is 15.3. The van der Waals surface area contributed by atoms with E-state index in [1.54, 1.807) is 0 Å². The number of carbonyl (C=O) groups excluding carboxylic acids is 1. The molecule has 2 aromatic rings. The van der Waals surface area contributed by atoms with E-state index in [2.05, 4.69) is 34.5 Å². The second kappa shape index (κ2) is 9.04. The first-order valence-electron chi connectivity index (χ1n) is 9.84. The number of piperazine rings is 1. The summed E-state index contributed by atoms with van der Waals surface area (Å²) in [5, 5.41) is 0. The van der Waals surface area contributed by atoms with Crippen molar-refractivity contribution in [1.29, 1.82) is 0 Å². The molecule has 6 heteroatoms. The number of amides is 1. The summed E-state index contributed by atoms with van der Waals surface area (Å²) >= 11 is 0. The highest BCUT2D eigenvalue weighted by Crippen LogP contribution is 2.15. The molecule has 1 saturated heterocycles. The van der Waals surface area contributed by atoms with Crippen LogP contribution < -0.4 is 4.74 Å². The summed E-state index contributed by atoms with van der Waals surface area (Å²) in [7, 11) is 0. The van der Waals surface area contributed by atoms with Gasteiger partial charge in [-0.3, -0.25) is 9.69 Å². The Morgan fingerprint density at radius 2 is 1.81 bits per heavy atom. The van der Waals surface area contributed by atoms with E-state index in [9.17, 15) is 4.79 Å². The zero-order valence-electron chi connectivity index (χ0n) is 16.6. The van der Waals surface area contributed by atoms with Crippen LogP contribution in [0, 0.1) is 0 Å². The van der Waals surface area contributed by atoms with Crippen LogP contribution in [0.5, 0.6) is 5.75 Å². The fraction of sp³-hybridized carbons (Fsp3) is 0.524. The molecule has 1 aromatic carbocycles. The minimum atomic E-state index is 0.106. The summed E-state index contributed by atoms with van der Waals surface area (Å²) in [6.07, 6.45) is 3.93. The highest BCUT2D eigenvalue weighted by Gasteiger charge is 2.22. The van der Waals surface area contributed by atoms with Crippen molar-refractivity contribution < 1.29 is 9.53 Å². The zero-order valence-corrected chi connectivity index (χ0v) is 16.6. The average Bonchev–Trinajstić information content (AvgIpc) is 3.16. The van der Waals surface area contributed by atoms with Crippen molar-refractivity contribution in [3.63, 3.8) is 0 Å². The van der Waals surface area contributed by atoms with Gasteiger partial charge < -0.3 is 14.2 Å². The van der Waals surface area contributed by atoms with Gasteiger partial charge in [0.1, 0.15) is 11.6 Å². The van der Waals surface area contributed by atoms with E-state index in [1.807, 2.05) is 42.3 Å². The molecule has 1 aromatic heterocycles.